The van der Waals surface area contributed by atoms with Gasteiger partial charge in [0.25, 0.3) is 0 Å². The Morgan fingerprint density at radius 1 is 1.50 bits per heavy atom. The fourth-order valence-electron chi connectivity index (χ4n) is 1.37. The van der Waals surface area contributed by atoms with E-state index in [-0.39, 0.29) is 5.78 Å². The quantitative estimate of drug-likeness (QED) is 0.799. The number of hydrogen-bond donors (Lipinski definition) is 0. The molecular formula is C11H8BrClN2O. The first kappa shape index (κ1) is 11.4. The minimum atomic E-state index is -0.126. The molecule has 16 heavy (non-hydrogen) atoms. The van der Waals surface area contributed by atoms with Crippen molar-refractivity contribution < 1.29 is 4.79 Å². The van der Waals surface area contributed by atoms with Crippen molar-refractivity contribution in [1.29, 1.82) is 0 Å². The van der Waals surface area contributed by atoms with Gasteiger partial charge in [0.15, 0.2) is 5.78 Å². The minimum Gasteiger partial charge on any atom is -0.288 e. The first-order valence-corrected chi connectivity index (χ1v) is 5.74. The summed E-state index contributed by atoms with van der Waals surface area (Å²) in [4.78, 5) is 12.1. The Labute approximate surface area is 106 Å². The Hall–Kier alpha value is -1.13. The van der Waals surface area contributed by atoms with Gasteiger partial charge in [-0.3, -0.25) is 9.48 Å². The first-order valence-electron chi connectivity index (χ1n) is 4.57. The highest BCUT2D eigenvalue weighted by atomic mass is 79.9. The van der Waals surface area contributed by atoms with E-state index >= 15 is 0 Å². The standard InChI is InChI=1S/C11H8BrClN2O/c1-15-6-7(5-14-15)11(16)8-3-2-4-9(12)10(8)13/h2-6H,1H3. The summed E-state index contributed by atoms with van der Waals surface area (Å²) in [5, 5.41) is 4.38. The van der Waals surface area contributed by atoms with Crippen LogP contribution in [-0.2, 0) is 7.05 Å². The van der Waals surface area contributed by atoms with Crippen LogP contribution < -0.4 is 0 Å². The molecule has 0 spiro atoms. The normalized spacial score (nSPS) is 10.4. The van der Waals surface area contributed by atoms with Crippen LogP contribution in [0.15, 0.2) is 35.1 Å². The number of benzene rings is 1. The number of halogens is 2. The molecule has 3 nitrogen and oxygen atoms in total. The lowest BCUT2D eigenvalue weighted by Gasteiger charge is -2.02. The summed E-state index contributed by atoms with van der Waals surface area (Å²) in [6, 6.07) is 5.27. The number of ketones is 1. The third-order valence-corrected chi connectivity index (χ3v) is 3.46. The molecule has 1 heterocycles. The maximum Gasteiger partial charge on any atom is 0.197 e. The largest absolute Gasteiger partial charge is 0.288 e. The Kier molecular flexibility index (Phi) is 3.12. The van der Waals surface area contributed by atoms with Crippen molar-refractivity contribution in [2.45, 2.75) is 0 Å². The molecule has 0 atom stereocenters. The van der Waals surface area contributed by atoms with Gasteiger partial charge >= 0.3 is 0 Å². The molecule has 2 aromatic rings. The lowest BCUT2D eigenvalue weighted by molar-refractivity contribution is 0.103. The number of carbonyl (C=O) groups is 1. The second-order valence-corrected chi connectivity index (χ2v) is 4.57. The molecule has 0 fully saturated rings. The van der Waals surface area contributed by atoms with Crippen LogP contribution in [0, 0.1) is 0 Å². The van der Waals surface area contributed by atoms with Crippen molar-refractivity contribution in [3.8, 4) is 0 Å². The molecule has 0 radical (unpaired) electrons. The molecule has 1 aromatic heterocycles. The van der Waals surface area contributed by atoms with Crippen LogP contribution in [0.25, 0.3) is 0 Å². The molecule has 0 unspecified atom stereocenters. The van der Waals surface area contributed by atoms with Crippen LogP contribution in [0.2, 0.25) is 5.02 Å². The molecule has 0 aliphatic heterocycles. The number of carbonyl (C=O) groups excluding carboxylic acids is 1. The molecule has 0 saturated carbocycles. The predicted octanol–water partition coefficient (Wildman–Crippen LogP) is 3.07. The number of aromatic nitrogens is 2. The van der Waals surface area contributed by atoms with Gasteiger partial charge in [-0.25, -0.2) is 0 Å². The van der Waals surface area contributed by atoms with Gasteiger partial charge in [-0.05, 0) is 28.1 Å². The summed E-state index contributed by atoms with van der Waals surface area (Å²) in [6.07, 6.45) is 3.19. The molecule has 0 amide bonds. The Balaban J connectivity index is 2.45. The highest BCUT2D eigenvalue weighted by Crippen LogP contribution is 2.27. The third kappa shape index (κ3) is 2.03. The molecule has 0 aliphatic carbocycles. The van der Waals surface area contributed by atoms with Gasteiger partial charge in [-0.2, -0.15) is 5.10 Å². The topological polar surface area (TPSA) is 34.9 Å². The third-order valence-electron chi connectivity index (χ3n) is 2.16. The van der Waals surface area contributed by atoms with Gasteiger partial charge in [0.2, 0.25) is 0 Å². The average Bonchev–Trinajstić information content (AvgIpc) is 2.68. The van der Waals surface area contributed by atoms with E-state index in [0.29, 0.717) is 20.6 Å². The van der Waals surface area contributed by atoms with E-state index in [1.807, 2.05) is 0 Å². The van der Waals surface area contributed by atoms with Crippen molar-refractivity contribution in [3.05, 3.63) is 51.2 Å². The lowest BCUT2D eigenvalue weighted by atomic mass is 10.1. The van der Waals surface area contributed by atoms with Gasteiger partial charge in [-0.15, -0.1) is 0 Å². The Morgan fingerprint density at radius 2 is 2.25 bits per heavy atom. The fraction of sp³-hybridized carbons (Fsp3) is 0.0909. The maximum absolute atomic E-state index is 12.1. The van der Waals surface area contributed by atoms with Crippen molar-refractivity contribution in [2.75, 3.05) is 0 Å². The molecule has 82 valence electrons. The molecule has 0 saturated heterocycles. The zero-order valence-electron chi connectivity index (χ0n) is 8.45. The van der Waals surface area contributed by atoms with Gasteiger partial charge in [0.1, 0.15) is 0 Å². The van der Waals surface area contributed by atoms with Crippen molar-refractivity contribution in [1.82, 2.24) is 9.78 Å². The SMILES string of the molecule is Cn1cc(C(=O)c2cccc(Br)c2Cl)cn1. The van der Waals surface area contributed by atoms with Crippen LogP contribution in [0.1, 0.15) is 15.9 Å². The number of aryl methyl sites for hydroxylation is 1. The Bertz CT molecular complexity index is 551. The smallest absolute Gasteiger partial charge is 0.197 e. The molecule has 0 N–H and O–H groups in total. The fourth-order valence-corrected chi connectivity index (χ4v) is 1.95. The zero-order chi connectivity index (χ0) is 11.7. The van der Waals surface area contributed by atoms with Crippen molar-refractivity contribution >= 4 is 33.3 Å². The van der Waals surface area contributed by atoms with Crippen LogP contribution in [0.5, 0.6) is 0 Å². The highest BCUT2D eigenvalue weighted by Gasteiger charge is 2.15. The van der Waals surface area contributed by atoms with Crippen molar-refractivity contribution in [3.63, 3.8) is 0 Å². The maximum atomic E-state index is 12.1. The zero-order valence-corrected chi connectivity index (χ0v) is 10.8. The van der Waals surface area contributed by atoms with E-state index < -0.39 is 0 Å². The number of nitrogens with zero attached hydrogens (tertiary/aromatic N) is 2. The van der Waals surface area contributed by atoms with Crippen LogP contribution in [0.4, 0.5) is 0 Å². The average molecular weight is 300 g/mol. The minimum absolute atomic E-state index is 0.126. The van der Waals surface area contributed by atoms with E-state index in [1.165, 1.54) is 6.20 Å². The van der Waals surface area contributed by atoms with Crippen molar-refractivity contribution in [2.24, 2.45) is 7.05 Å². The lowest BCUT2D eigenvalue weighted by Crippen LogP contribution is -2.01. The van der Waals surface area contributed by atoms with E-state index in [4.69, 9.17) is 11.6 Å². The number of hydrogen-bond acceptors (Lipinski definition) is 2. The summed E-state index contributed by atoms with van der Waals surface area (Å²) >= 11 is 9.34. The second kappa shape index (κ2) is 4.39. The van der Waals surface area contributed by atoms with E-state index in [1.54, 1.807) is 36.1 Å². The predicted molar refractivity (Wildman–Crippen MR) is 65.8 cm³/mol. The molecule has 1 aromatic carbocycles. The first-order chi connectivity index (χ1) is 7.59. The van der Waals surface area contributed by atoms with E-state index in [2.05, 4.69) is 21.0 Å². The van der Waals surface area contributed by atoms with E-state index in [0.717, 1.165) is 0 Å². The van der Waals surface area contributed by atoms with Gasteiger partial charge in [0, 0.05) is 23.3 Å². The van der Waals surface area contributed by atoms with Gasteiger partial charge in [0.05, 0.1) is 16.8 Å². The second-order valence-electron chi connectivity index (χ2n) is 3.33. The van der Waals surface area contributed by atoms with E-state index in [9.17, 15) is 4.79 Å². The summed E-state index contributed by atoms with van der Waals surface area (Å²) in [5.41, 5.74) is 1.01. The van der Waals surface area contributed by atoms with Crippen LogP contribution in [-0.4, -0.2) is 15.6 Å². The monoisotopic (exact) mass is 298 g/mol. The molecule has 0 aliphatic rings. The molecule has 2 rings (SSSR count). The summed E-state index contributed by atoms with van der Waals surface area (Å²) in [6.45, 7) is 0. The Morgan fingerprint density at radius 3 is 2.88 bits per heavy atom. The highest BCUT2D eigenvalue weighted by molar-refractivity contribution is 9.10. The van der Waals surface area contributed by atoms with Crippen LogP contribution >= 0.6 is 27.5 Å². The van der Waals surface area contributed by atoms with Gasteiger partial charge < -0.3 is 0 Å². The number of rotatable bonds is 2. The summed E-state index contributed by atoms with van der Waals surface area (Å²) in [7, 11) is 1.76. The summed E-state index contributed by atoms with van der Waals surface area (Å²) in [5.74, 6) is -0.126. The molecule has 0 bridgehead atoms. The van der Waals surface area contributed by atoms with Gasteiger partial charge in [-0.1, -0.05) is 17.7 Å². The summed E-state index contributed by atoms with van der Waals surface area (Å²) < 4.78 is 2.29. The van der Waals surface area contributed by atoms with Crippen LogP contribution in [0.3, 0.4) is 0 Å². The molecular weight excluding hydrogens is 291 g/mol. The molecule has 5 heteroatoms.